The van der Waals surface area contributed by atoms with Crippen molar-refractivity contribution in [1.29, 1.82) is 0 Å². The maximum absolute atomic E-state index is 13.2. The SMILES string of the molecule is CCC(CC)(C(=O)NCc1ccc(C(=O)O)cc1)c1ccc(OC)c(OC)c1. The molecule has 2 rings (SSSR count). The van der Waals surface area contributed by atoms with Crippen LogP contribution in [0.5, 0.6) is 11.5 Å². The molecule has 0 radical (unpaired) electrons. The van der Waals surface area contributed by atoms with E-state index in [1.807, 2.05) is 32.0 Å². The van der Waals surface area contributed by atoms with Gasteiger partial charge >= 0.3 is 5.97 Å². The lowest BCUT2D eigenvalue weighted by Gasteiger charge is -2.31. The van der Waals surface area contributed by atoms with Gasteiger partial charge in [0.1, 0.15) is 0 Å². The van der Waals surface area contributed by atoms with Crippen LogP contribution in [0.2, 0.25) is 0 Å². The van der Waals surface area contributed by atoms with E-state index in [-0.39, 0.29) is 11.5 Å². The van der Waals surface area contributed by atoms with Gasteiger partial charge in [-0.05, 0) is 48.2 Å². The fourth-order valence-electron chi connectivity index (χ4n) is 3.36. The first kappa shape index (κ1) is 21.3. The molecule has 0 unspecified atom stereocenters. The number of hydrogen-bond donors (Lipinski definition) is 2. The molecule has 0 aliphatic heterocycles. The highest BCUT2D eigenvalue weighted by molar-refractivity contribution is 5.89. The second-order valence-corrected chi connectivity index (χ2v) is 6.54. The Morgan fingerprint density at radius 1 is 0.964 bits per heavy atom. The predicted molar refractivity (Wildman–Crippen MR) is 107 cm³/mol. The summed E-state index contributed by atoms with van der Waals surface area (Å²) in [6, 6.07) is 12.0. The molecular weight excluding hydrogens is 358 g/mol. The number of rotatable bonds is 9. The van der Waals surface area contributed by atoms with Crippen molar-refractivity contribution < 1.29 is 24.2 Å². The standard InChI is InChI=1S/C22H27NO5/c1-5-22(6-2,17-11-12-18(27-3)19(13-17)28-4)21(26)23-14-15-7-9-16(10-8-15)20(24)25/h7-13H,5-6,14H2,1-4H3,(H,23,26)(H,24,25). The minimum Gasteiger partial charge on any atom is -0.493 e. The Bertz CT molecular complexity index is 825. The Balaban J connectivity index is 2.24. The average molecular weight is 385 g/mol. The van der Waals surface area contributed by atoms with Gasteiger partial charge in [-0.1, -0.05) is 32.0 Å². The molecular formula is C22H27NO5. The lowest BCUT2D eigenvalue weighted by atomic mass is 9.75. The molecule has 0 saturated carbocycles. The van der Waals surface area contributed by atoms with Crippen molar-refractivity contribution in [3.8, 4) is 11.5 Å². The van der Waals surface area contributed by atoms with Gasteiger partial charge in [0.15, 0.2) is 11.5 Å². The van der Waals surface area contributed by atoms with Gasteiger partial charge < -0.3 is 19.9 Å². The van der Waals surface area contributed by atoms with E-state index in [1.165, 1.54) is 12.1 Å². The number of carboxylic acids is 1. The van der Waals surface area contributed by atoms with E-state index in [9.17, 15) is 9.59 Å². The second-order valence-electron chi connectivity index (χ2n) is 6.54. The van der Waals surface area contributed by atoms with Crippen LogP contribution in [0, 0.1) is 0 Å². The fraction of sp³-hybridized carbons (Fsp3) is 0.364. The third-order valence-electron chi connectivity index (χ3n) is 5.23. The van der Waals surface area contributed by atoms with E-state index < -0.39 is 11.4 Å². The third-order valence-corrected chi connectivity index (χ3v) is 5.23. The summed E-state index contributed by atoms with van der Waals surface area (Å²) in [7, 11) is 3.15. The van der Waals surface area contributed by atoms with Gasteiger partial charge in [-0.3, -0.25) is 4.79 Å². The Morgan fingerprint density at radius 2 is 1.57 bits per heavy atom. The number of ether oxygens (including phenoxy) is 2. The first-order chi connectivity index (χ1) is 13.4. The van der Waals surface area contributed by atoms with E-state index in [0.29, 0.717) is 30.9 Å². The molecule has 0 atom stereocenters. The molecule has 0 fully saturated rings. The number of carbonyl (C=O) groups is 2. The number of amides is 1. The summed E-state index contributed by atoms with van der Waals surface area (Å²) < 4.78 is 10.7. The van der Waals surface area contributed by atoms with Gasteiger partial charge in [0.2, 0.25) is 5.91 Å². The van der Waals surface area contributed by atoms with E-state index in [1.54, 1.807) is 26.4 Å². The van der Waals surface area contributed by atoms with Gasteiger partial charge in [0, 0.05) is 6.54 Å². The normalized spacial score (nSPS) is 11.0. The molecule has 0 saturated heterocycles. The van der Waals surface area contributed by atoms with Crippen molar-refractivity contribution in [2.45, 2.75) is 38.6 Å². The maximum Gasteiger partial charge on any atom is 0.335 e. The zero-order chi connectivity index (χ0) is 20.7. The monoisotopic (exact) mass is 385 g/mol. The zero-order valence-corrected chi connectivity index (χ0v) is 16.7. The summed E-state index contributed by atoms with van der Waals surface area (Å²) in [5.74, 6) is 0.154. The number of benzene rings is 2. The van der Waals surface area contributed by atoms with Crippen LogP contribution < -0.4 is 14.8 Å². The van der Waals surface area contributed by atoms with Gasteiger partial charge in [0.25, 0.3) is 0 Å². The molecule has 0 aromatic heterocycles. The summed E-state index contributed by atoms with van der Waals surface area (Å²) in [5, 5.41) is 12.0. The molecule has 6 nitrogen and oxygen atoms in total. The van der Waals surface area contributed by atoms with Crippen molar-refractivity contribution in [3.05, 3.63) is 59.2 Å². The Hall–Kier alpha value is -3.02. The molecule has 2 aromatic carbocycles. The molecule has 1 amide bonds. The molecule has 0 bridgehead atoms. The molecule has 0 aliphatic rings. The van der Waals surface area contributed by atoms with Crippen molar-refractivity contribution in [2.75, 3.05) is 14.2 Å². The summed E-state index contributed by atoms with van der Waals surface area (Å²) >= 11 is 0. The van der Waals surface area contributed by atoms with Gasteiger partial charge in [0.05, 0.1) is 25.2 Å². The highest BCUT2D eigenvalue weighted by Crippen LogP contribution is 2.37. The molecule has 0 spiro atoms. The molecule has 2 aromatic rings. The highest BCUT2D eigenvalue weighted by atomic mass is 16.5. The number of aromatic carboxylic acids is 1. The third kappa shape index (κ3) is 4.27. The Labute approximate surface area is 165 Å². The smallest absolute Gasteiger partial charge is 0.335 e. The Kier molecular flexibility index (Phi) is 7.04. The van der Waals surface area contributed by atoms with Crippen molar-refractivity contribution in [1.82, 2.24) is 5.32 Å². The van der Waals surface area contributed by atoms with E-state index in [2.05, 4.69) is 5.32 Å². The van der Waals surface area contributed by atoms with Crippen LogP contribution in [0.3, 0.4) is 0 Å². The first-order valence-electron chi connectivity index (χ1n) is 9.24. The topological polar surface area (TPSA) is 84.9 Å². The largest absolute Gasteiger partial charge is 0.493 e. The maximum atomic E-state index is 13.2. The van der Waals surface area contributed by atoms with Crippen molar-refractivity contribution >= 4 is 11.9 Å². The van der Waals surface area contributed by atoms with E-state index >= 15 is 0 Å². The number of carbonyl (C=O) groups excluding carboxylic acids is 1. The molecule has 0 aliphatic carbocycles. The van der Waals surface area contributed by atoms with E-state index in [4.69, 9.17) is 14.6 Å². The average Bonchev–Trinajstić information content (AvgIpc) is 2.73. The molecule has 150 valence electrons. The minimum absolute atomic E-state index is 0.0768. The van der Waals surface area contributed by atoms with E-state index in [0.717, 1.165) is 11.1 Å². The first-order valence-corrected chi connectivity index (χ1v) is 9.24. The van der Waals surface area contributed by atoms with Gasteiger partial charge in [-0.25, -0.2) is 4.79 Å². The van der Waals surface area contributed by atoms with Crippen LogP contribution in [0.1, 0.15) is 48.2 Å². The zero-order valence-electron chi connectivity index (χ0n) is 16.7. The summed E-state index contributed by atoms with van der Waals surface area (Å²) in [6.07, 6.45) is 1.26. The number of carboxylic acid groups (broad SMARTS) is 1. The number of nitrogens with one attached hydrogen (secondary N) is 1. The minimum atomic E-state index is -0.972. The molecule has 2 N–H and O–H groups in total. The summed E-state index contributed by atoms with van der Waals surface area (Å²) in [6.45, 7) is 4.30. The molecule has 0 heterocycles. The van der Waals surface area contributed by atoms with Crippen LogP contribution in [0.15, 0.2) is 42.5 Å². The summed E-state index contributed by atoms with van der Waals surface area (Å²) in [4.78, 5) is 24.1. The van der Waals surface area contributed by atoms with Crippen LogP contribution in [0.25, 0.3) is 0 Å². The van der Waals surface area contributed by atoms with Gasteiger partial charge in [-0.2, -0.15) is 0 Å². The summed E-state index contributed by atoms with van der Waals surface area (Å²) in [5.41, 5.74) is 1.23. The predicted octanol–water partition coefficient (Wildman–Crippen LogP) is 3.78. The fourth-order valence-corrected chi connectivity index (χ4v) is 3.36. The quantitative estimate of drug-likeness (QED) is 0.686. The van der Waals surface area contributed by atoms with Crippen molar-refractivity contribution in [3.63, 3.8) is 0 Å². The van der Waals surface area contributed by atoms with Gasteiger partial charge in [-0.15, -0.1) is 0 Å². The van der Waals surface area contributed by atoms with Crippen LogP contribution in [-0.4, -0.2) is 31.2 Å². The Morgan fingerprint density at radius 3 is 2.07 bits per heavy atom. The molecule has 6 heteroatoms. The lowest BCUT2D eigenvalue weighted by Crippen LogP contribution is -2.43. The van der Waals surface area contributed by atoms with Crippen LogP contribution in [0.4, 0.5) is 0 Å². The number of methoxy groups -OCH3 is 2. The second kappa shape index (κ2) is 9.26. The number of hydrogen-bond acceptors (Lipinski definition) is 4. The lowest BCUT2D eigenvalue weighted by molar-refractivity contribution is -0.127. The highest BCUT2D eigenvalue weighted by Gasteiger charge is 2.37. The van der Waals surface area contributed by atoms with Crippen LogP contribution >= 0.6 is 0 Å². The molecule has 28 heavy (non-hydrogen) atoms. The van der Waals surface area contributed by atoms with Crippen molar-refractivity contribution in [2.24, 2.45) is 0 Å². The van der Waals surface area contributed by atoms with Crippen LogP contribution in [-0.2, 0) is 16.8 Å².